The highest BCUT2D eigenvalue weighted by Crippen LogP contribution is 2.36. The second-order valence-corrected chi connectivity index (χ2v) is 6.39. The van der Waals surface area contributed by atoms with Crippen molar-refractivity contribution < 1.29 is 29.3 Å². The van der Waals surface area contributed by atoms with E-state index in [-0.39, 0.29) is 12.0 Å². The summed E-state index contributed by atoms with van der Waals surface area (Å²) in [5.74, 6) is -3.42. The number of carbonyl (C=O) groups is 2. The fourth-order valence-electron chi connectivity index (χ4n) is 2.56. The molecule has 1 unspecified atom stereocenters. The van der Waals surface area contributed by atoms with E-state index >= 15 is 0 Å². The van der Waals surface area contributed by atoms with Gasteiger partial charge in [-0.1, -0.05) is 24.3 Å². The smallest absolute Gasteiger partial charge is 0.415 e. The van der Waals surface area contributed by atoms with Gasteiger partial charge in [-0.2, -0.15) is 0 Å². The summed E-state index contributed by atoms with van der Waals surface area (Å²) in [6.45, 7) is 4.94. The van der Waals surface area contributed by atoms with Crippen molar-refractivity contribution in [3.8, 4) is 0 Å². The number of methoxy groups -OCH3 is 1. The van der Waals surface area contributed by atoms with Crippen LogP contribution in [-0.4, -0.2) is 45.9 Å². The molecule has 0 saturated carbocycles. The topological polar surface area (TPSA) is 96.3 Å². The Balaban J connectivity index is 2.50. The van der Waals surface area contributed by atoms with Gasteiger partial charge in [0.25, 0.3) is 5.91 Å². The molecule has 1 aliphatic heterocycles. The van der Waals surface area contributed by atoms with Crippen LogP contribution in [0.2, 0.25) is 0 Å². The van der Waals surface area contributed by atoms with Gasteiger partial charge in [0.2, 0.25) is 0 Å². The molecule has 126 valence electrons. The lowest BCUT2D eigenvalue weighted by atomic mass is 9.91. The summed E-state index contributed by atoms with van der Waals surface area (Å²) in [7, 11) is 1.17. The summed E-state index contributed by atoms with van der Waals surface area (Å²) in [6, 6.07) is 5.29. The second kappa shape index (κ2) is 5.82. The van der Waals surface area contributed by atoms with Crippen LogP contribution in [0, 0.1) is 0 Å². The minimum atomic E-state index is -2.67. The van der Waals surface area contributed by atoms with Crippen molar-refractivity contribution in [2.75, 3.05) is 7.11 Å². The van der Waals surface area contributed by atoms with Gasteiger partial charge in [0.05, 0.1) is 7.11 Å². The van der Waals surface area contributed by atoms with Gasteiger partial charge in [-0.25, -0.2) is 14.5 Å². The van der Waals surface area contributed by atoms with E-state index in [1.54, 1.807) is 39.0 Å². The van der Waals surface area contributed by atoms with Crippen molar-refractivity contribution in [1.29, 1.82) is 0 Å². The number of benzene rings is 1. The largest absolute Gasteiger partial charge is 0.467 e. The molecular formula is C16H21NO6. The molecule has 0 radical (unpaired) electrons. The zero-order chi connectivity index (χ0) is 17.4. The van der Waals surface area contributed by atoms with E-state index in [0.29, 0.717) is 10.5 Å². The van der Waals surface area contributed by atoms with Gasteiger partial charge in [0.1, 0.15) is 11.6 Å². The monoisotopic (exact) mass is 323 g/mol. The van der Waals surface area contributed by atoms with Gasteiger partial charge in [0.15, 0.2) is 0 Å². The van der Waals surface area contributed by atoms with Gasteiger partial charge < -0.3 is 19.7 Å². The zero-order valence-electron chi connectivity index (χ0n) is 13.6. The predicted octanol–water partition coefficient (Wildman–Crippen LogP) is 1.12. The van der Waals surface area contributed by atoms with Gasteiger partial charge in [-0.3, -0.25) is 0 Å². The van der Waals surface area contributed by atoms with Crippen molar-refractivity contribution in [2.45, 2.75) is 44.7 Å². The van der Waals surface area contributed by atoms with E-state index in [0.717, 1.165) is 0 Å². The van der Waals surface area contributed by atoms with Crippen molar-refractivity contribution in [2.24, 2.45) is 0 Å². The maximum atomic E-state index is 12.4. The van der Waals surface area contributed by atoms with Gasteiger partial charge in [0, 0.05) is 12.0 Å². The number of hydrogen-bond acceptors (Lipinski definition) is 6. The Labute approximate surface area is 134 Å². The van der Waals surface area contributed by atoms with E-state index in [2.05, 4.69) is 0 Å². The minimum absolute atomic E-state index is 0.102. The maximum Gasteiger partial charge on any atom is 0.415 e. The molecule has 1 aromatic carbocycles. The molecule has 1 aromatic rings. The summed E-state index contributed by atoms with van der Waals surface area (Å²) in [6.07, 6.45) is -0.905. The fourth-order valence-corrected chi connectivity index (χ4v) is 2.56. The number of hydrogen-bond donors (Lipinski definition) is 2. The lowest BCUT2D eigenvalue weighted by molar-refractivity contribution is -0.278. The van der Waals surface area contributed by atoms with Crippen LogP contribution >= 0.6 is 0 Å². The molecule has 1 amide bonds. The Kier molecular flexibility index (Phi) is 4.37. The molecule has 7 heteroatoms. The van der Waals surface area contributed by atoms with Crippen molar-refractivity contribution in [3.63, 3.8) is 0 Å². The van der Waals surface area contributed by atoms with E-state index in [4.69, 9.17) is 9.47 Å². The highest BCUT2D eigenvalue weighted by atomic mass is 16.6. The van der Waals surface area contributed by atoms with E-state index in [1.165, 1.54) is 13.2 Å². The fraction of sp³-hybridized carbons (Fsp3) is 0.500. The average molecular weight is 323 g/mol. The molecule has 1 heterocycles. The number of fused-ring (bicyclic) bond motifs is 1. The second-order valence-electron chi connectivity index (χ2n) is 6.39. The highest BCUT2D eigenvalue weighted by Gasteiger charge is 2.51. The molecule has 0 bridgehead atoms. The number of rotatable bonds is 1. The third-order valence-corrected chi connectivity index (χ3v) is 3.50. The average Bonchev–Trinajstić information content (AvgIpc) is 2.43. The lowest BCUT2D eigenvalue weighted by Gasteiger charge is -2.44. The molecule has 7 nitrogen and oxygen atoms in total. The summed E-state index contributed by atoms with van der Waals surface area (Å²) < 4.78 is 9.91. The van der Waals surface area contributed by atoms with Crippen LogP contribution in [0.4, 0.5) is 4.79 Å². The third kappa shape index (κ3) is 3.30. The van der Waals surface area contributed by atoms with Gasteiger partial charge in [-0.05, 0) is 26.3 Å². The molecule has 23 heavy (non-hydrogen) atoms. The molecular weight excluding hydrogens is 302 g/mol. The van der Waals surface area contributed by atoms with Crippen LogP contribution in [-0.2, 0) is 26.6 Å². The molecule has 0 saturated heterocycles. The van der Waals surface area contributed by atoms with Crippen molar-refractivity contribution in [1.82, 2.24) is 4.90 Å². The summed E-state index contributed by atoms with van der Waals surface area (Å²) in [5.41, 5.74) is -0.177. The Morgan fingerprint density at radius 2 is 1.87 bits per heavy atom. The first kappa shape index (κ1) is 17.2. The first-order valence-electron chi connectivity index (χ1n) is 7.21. The van der Waals surface area contributed by atoms with E-state index in [1.807, 2.05) is 0 Å². The third-order valence-electron chi connectivity index (χ3n) is 3.50. The Hall–Kier alpha value is -2.12. The molecule has 2 rings (SSSR count). The first-order valence-corrected chi connectivity index (χ1v) is 7.21. The lowest BCUT2D eigenvalue weighted by Crippen LogP contribution is -2.61. The van der Waals surface area contributed by atoms with Crippen LogP contribution < -0.4 is 0 Å². The minimum Gasteiger partial charge on any atom is -0.467 e. The molecule has 0 aliphatic carbocycles. The quantitative estimate of drug-likeness (QED) is 0.594. The van der Waals surface area contributed by atoms with Crippen LogP contribution in [0.15, 0.2) is 24.3 Å². The number of nitrogens with zero attached hydrogens (tertiary/aromatic N) is 1. The zero-order valence-corrected chi connectivity index (χ0v) is 13.6. The Bertz CT molecular complexity index is 619. The SMILES string of the molecule is COC(=O)C1Cc2ccccc2C(O)(O)N1C(=O)OC(C)(C)C. The van der Waals surface area contributed by atoms with Crippen LogP contribution in [0.25, 0.3) is 0 Å². The van der Waals surface area contributed by atoms with Crippen LogP contribution in [0.3, 0.4) is 0 Å². The van der Waals surface area contributed by atoms with Crippen molar-refractivity contribution >= 4 is 12.1 Å². The Morgan fingerprint density at radius 3 is 2.43 bits per heavy atom. The number of esters is 1. The molecule has 0 aromatic heterocycles. The standard InChI is InChI=1S/C16H21NO6/c1-15(2,3)23-14(19)17-12(13(18)22-4)9-10-7-5-6-8-11(10)16(17,20)21/h5-8,12,20-21H,9H2,1-4H3. The van der Waals surface area contributed by atoms with Crippen molar-refractivity contribution in [3.05, 3.63) is 35.4 Å². The van der Waals surface area contributed by atoms with E-state index in [9.17, 15) is 19.8 Å². The molecule has 1 aliphatic rings. The van der Waals surface area contributed by atoms with Crippen LogP contribution in [0.5, 0.6) is 0 Å². The molecule has 1 atom stereocenters. The maximum absolute atomic E-state index is 12.4. The number of ether oxygens (including phenoxy) is 2. The normalized spacial score (nSPS) is 19.7. The van der Waals surface area contributed by atoms with Gasteiger partial charge >= 0.3 is 12.1 Å². The molecule has 0 fully saturated rings. The number of carbonyl (C=O) groups excluding carboxylic acids is 2. The Morgan fingerprint density at radius 1 is 1.26 bits per heavy atom. The van der Waals surface area contributed by atoms with E-state index < -0.39 is 29.6 Å². The molecule has 2 N–H and O–H groups in total. The summed E-state index contributed by atoms with van der Waals surface area (Å²) in [5, 5.41) is 21.1. The number of aliphatic hydroxyl groups is 2. The first-order chi connectivity index (χ1) is 10.6. The summed E-state index contributed by atoms with van der Waals surface area (Å²) in [4.78, 5) is 25.1. The number of amides is 1. The van der Waals surface area contributed by atoms with Crippen LogP contribution in [0.1, 0.15) is 31.9 Å². The van der Waals surface area contributed by atoms with Gasteiger partial charge in [-0.15, -0.1) is 0 Å². The highest BCUT2D eigenvalue weighted by molar-refractivity contribution is 5.83. The summed E-state index contributed by atoms with van der Waals surface area (Å²) >= 11 is 0. The molecule has 0 spiro atoms. The predicted molar refractivity (Wildman–Crippen MR) is 80.1 cm³/mol.